The first-order valence-corrected chi connectivity index (χ1v) is 5.99. The molecule has 0 saturated carbocycles. The van der Waals surface area contributed by atoms with E-state index in [2.05, 4.69) is 5.32 Å². The molecule has 2 aromatic carbocycles. The number of nitrogen functional groups attached to an aromatic ring is 1. The van der Waals surface area contributed by atoms with Crippen LogP contribution in [0.4, 0.5) is 15.8 Å². The fourth-order valence-corrected chi connectivity index (χ4v) is 1.75. The lowest BCUT2D eigenvalue weighted by molar-refractivity contribution is 0.102. The molecule has 0 aromatic heterocycles. The number of carbonyl (C=O) groups excluding carboxylic acids is 1. The van der Waals surface area contributed by atoms with Crippen molar-refractivity contribution in [3.8, 4) is 11.8 Å². The first kappa shape index (κ1) is 14.3. The lowest BCUT2D eigenvalue weighted by Crippen LogP contribution is -2.13. The number of hydrogen-bond acceptors (Lipinski definition) is 4. The quantitative estimate of drug-likeness (QED) is 0.848. The van der Waals surface area contributed by atoms with Gasteiger partial charge in [-0.05, 0) is 30.3 Å². The number of benzene rings is 2. The monoisotopic (exact) mass is 285 g/mol. The van der Waals surface area contributed by atoms with Gasteiger partial charge in [0.1, 0.15) is 11.6 Å². The van der Waals surface area contributed by atoms with Gasteiger partial charge in [0.2, 0.25) is 0 Å². The van der Waals surface area contributed by atoms with E-state index in [1.54, 1.807) is 6.07 Å². The molecule has 0 spiro atoms. The molecule has 5 nitrogen and oxygen atoms in total. The second kappa shape index (κ2) is 5.92. The highest BCUT2D eigenvalue weighted by Crippen LogP contribution is 2.21. The summed E-state index contributed by atoms with van der Waals surface area (Å²) in [6, 6.07) is 10.1. The van der Waals surface area contributed by atoms with Crippen LogP contribution in [0.1, 0.15) is 15.9 Å². The van der Waals surface area contributed by atoms with Crippen molar-refractivity contribution in [2.24, 2.45) is 0 Å². The average molecular weight is 285 g/mol. The maximum atomic E-state index is 13.7. The van der Waals surface area contributed by atoms with Crippen molar-refractivity contribution < 1.29 is 13.9 Å². The van der Waals surface area contributed by atoms with E-state index < -0.39 is 11.7 Å². The van der Waals surface area contributed by atoms with E-state index in [0.717, 1.165) is 6.07 Å². The summed E-state index contributed by atoms with van der Waals surface area (Å²) in [6.45, 7) is 0. The second-order valence-corrected chi connectivity index (χ2v) is 4.26. The van der Waals surface area contributed by atoms with Crippen molar-refractivity contribution in [1.82, 2.24) is 0 Å². The molecule has 0 fully saturated rings. The molecule has 6 heteroatoms. The summed E-state index contributed by atoms with van der Waals surface area (Å²) < 4.78 is 18.7. The number of ether oxygens (including phenoxy) is 1. The molecule has 0 atom stereocenters. The molecule has 106 valence electrons. The molecule has 0 aliphatic carbocycles. The maximum Gasteiger partial charge on any atom is 0.255 e. The van der Waals surface area contributed by atoms with Gasteiger partial charge in [0, 0.05) is 17.3 Å². The van der Waals surface area contributed by atoms with Gasteiger partial charge in [-0.25, -0.2) is 4.39 Å². The van der Waals surface area contributed by atoms with Crippen LogP contribution in [0.3, 0.4) is 0 Å². The number of nitriles is 1. The molecule has 3 N–H and O–H groups in total. The van der Waals surface area contributed by atoms with E-state index in [1.165, 1.54) is 31.4 Å². The van der Waals surface area contributed by atoms with E-state index in [0.29, 0.717) is 11.4 Å². The Hall–Kier alpha value is -3.07. The third-order valence-corrected chi connectivity index (χ3v) is 2.77. The lowest BCUT2D eigenvalue weighted by atomic mass is 10.1. The van der Waals surface area contributed by atoms with Gasteiger partial charge in [0.25, 0.3) is 5.91 Å². The van der Waals surface area contributed by atoms with Gasteiger partial charge in [-0.2, -0.15) is 5.26 Å². The zero-order chi connectivity index (χ0) is 15.4. The van der Waals surface area contributed by atoms with Crippen LogP contribution in [-0.4, -0.2) is 13.0 Å². The molecule has 0 aliphatic rings. The minimum Gasteiger partial charge on any atom is -0.497 e. The number of nitrogens with zero attached hydrogens (tertiary/aromatic N) is 1. The molecular formula is C15H12FN3O2. The summed E-state index contributed by atoms with van der Waals surface area (Å²) in [5.74, 6) is -0.775. The normalized spacial score (nSPS) is 9.76. The molecule has 1 amide bonds. The van der Waals surface area contributed by atoms with Crippen molar-refractivity contribution in [3.63, 3.8) is 0 Å². The Morgan fingerprint density at radius 1 is 1.33 bits per heavy atom. The summed E-state index contributed by atoms with van der Waals surface area (Å²) in [5.41, 5.74) is 6.43. The SMILES string of the molecule is COc1cc(N)cc(C(=O)Nc2ccc(C#N)cc2F)c1. The van der Waals surface area contributed by atoms with Crippen LogP contribution in [0.25, 0.3) is 0 Å². The van der Waals surface area contributed by atoms with E-state index in [9.17, 15) is 9.18 Å². The third-order valence-electron chi connectivity index (χ3n) is 2.77. The van der Waals surface area contributed by atoms with Crippen LogP contribution >= 0.6 is 0 Å². The largest absolute Gasteiger partial charge is 0.497 e. The number of nitrogens with one attached hydrogen (secondary N) is 1. The molecule has 0 unspecified atom stereocenters. The van der Waals surface area contributed by atoms with Gasteiger partial charge >= 0.3 is 0 Å². The number of halogens is 1. The van der Waals surface area contributed by atoms with Crippen LogP contribution in [0.5, 0.6) is 5.75 Å². The van der Waals surface area contributed by atoms with Crippen LogP contribution in [0.2, 0.25) is 0 Å². The number of nitrogens with two attached hydrogens (primary N) is 1. The number of hydrogen-bond donors (Lipinski definition) is 2. The first-order chi connectivity index (χ1) is 10.0. The summed E-state index contributed by atoms with van der Waals surface area (Å²) in [7, 11) is 1.46. The van der Waals surface area contributed by atoms with Crippen molar-refractivity contribution in [2.45, 2.75) is 0 Å². The Morgan fingerprint density at radius 3 is 2.71 bits per heavy atom. The van der Waals surface area contributed by atoms with Gasteiger partial charge in [0.15, 0.2) is 0 Å². The lowest BCUT2D eigenvalue weighted by Gasteiger charge is -2.09. The van der Waals surface area contributed by atoms with Gasteiger partial charge in [-0.1, -0.05) is 0 Å². The smallest absolute Gasteiger partial charge is 0.255 e. The van der Waals surface area contributed by atoms with Gasteiger partial charge < -0.3 is 15.8 Å². The minimum atomic E-state index is -0.682. The summed E-state index contributed by atoms with van der Waals surface area (Å²) >= 11 is 0. The summed E-state index contributed by atoms with van der Waals surface area (Å²) in [4.78, 5) is 12.1. The number of anilines is 2. The highest BCUT2D eigenvalue weighted by atomic mass is 19.1. The Kier molecular flexibility index (Phi) is 4.05. The fourth-order valence-electron chi connectivity index (χ4n) is 1.75. The van der Waals surface area contributed by atoms with Crippen molar-refractivity contribution in [3.05, 3.63) is 53.3 Å². The van der Waals surface area contributed by atoms with Crippen molar-refractivity contribution in [2.75, 3.05) is 18.2 Å². The Morgan fingerprint density at radius 2 is 2.10 bits per heavy atom. The zero-order valence-electron chi connectivity index (χ0n) is 11.2. The standard InChI is InChI=1S/C15H12FN3O2/c1-21-12-6-10(5-11(18)7-12)15(20)19-14-3-2-9(8-17)4-13(14)16/h2-7H,18H2,1H3,(H,19,20). The Labute approximate surface area is 120 Å². The molecule has 0 radical (unpaired) electrons. The predicted molar refractivity (Wildman–Crippen MR) is 76.5 cm³/mol. The fraction of sp³-hybridized carbons (Fsp3) is 0.0667. The highest BCUT2D eigenvalue weighted by Gasteiger charge is 2.11. The molecule has 21 heavy (non-hydrogen) atoms. The van der Waals surface area contributed by atoms with E-state index in [1.807, 2.05) is 6.07 Å². The zero-order valence-corrected chi connectivity index (χ0v) is 11.2. The van der Waals surface area contributed by atoms with E-state index >= 15 is 0 Å². The van der Waals surface area contributed by atoms with Crippen LogP contribution in [0.15, 0.2) is 36.4 Å². The number of methoxy groups -OCH3 is 1. The minimum absolute atomic E-state index is 0.0135. The third kappa shape index (κ3) is 3.28. The molecule has 0 saturated heterocycles. The predicted octanol–water partition coefficient (Wildman–Crippen LogP) is 2.54. The van der Waals surface area contributed by atoms with Crippen molar-refractivity contribution in [1.29, 1.82) is 5.26 Å². The number of amides is 1. The summed E-state index contributed by atoms with van der Waals surface area (Å²) in [6.07, 6.45) is 0. The number of carbonyl (C=O) groups is 1. The molecule has 0 aliphatic heterocycles. The first-order valence-electron chi connectivity index (χ1n) is 5.99. The topological polar surface area (TPSA) is 88.1 Å². The van der Waals surface area contributed by atoms with Gasteiger partial charge in [0.05, 0.1) is 24.4 Å². The Balaban J connectivity index is 2.26. The molecular weight excluding hydrogens is 273 g/mol. The van der Waals surface area contributed by atoms with Crippen LogP contribution < -0.4 is 15.8 Å². The van der Waals surface area contributed by atoms with Crippen LogP contribution in [-0.2, 0) is 0 Å². The van der Waals surface area contributed by atoms with Crippen LogP contribution in [0, 0.1) is 17.1 Å². The average Bonchev–Trinajstić information content (AvgIpc) is 2.48. The molecule has 2 rings (SSSR count). The van der Waals surface area contributed by atoms with E-state index in [4.69, 9.17) is 15.7 Å². The number of rotatable bonds is 3. The van der Waals surface area contributed by atoms with E-state index in [-0.39, 0.29) is 16.8 Å². The molecule has 0 bridgehead atoms. The molecule has 0 heterocycles. The van der Waals surface area contributed by atoms with Crippen molar-refractivity contribution >= 4 is 17.3 Å². The van der Waals surface area contributed by atoms with Gasteiger partial charge in [-0.15, -0.1) is 0 Å². The molecule has 2 aromatic rings. The second-order valence-electron chi connectivity index (χ2n) is 4.26. The highest BCUT2D eigenvalue weighted by molar-refractivity contribution is 6.05. The van der Waals surface area contributed by atoms with Gasteiger partial charge in [-0.3, -0.25) is 4.79 Å². The Bertz CT molecular complexity index is 738. The maximum absolute atomic E-state index is 13.7. The summed E-state index contributed by atoms with van der Waals surface area (Å²) in [5, 5.41) is 11.1.